The molecule has 2 aromatic heterocycles. The maximum atomic E-state index is 6.29. The minimum absolute atomic E-state index is 0.0902. The van der Waals surface area contributed by atoms with E-state index in [0.717, 1.165) is 22.8 Å². The zero-order valence-electron chi connectivity index (χ0n) is 11.9. The number of likely N-dealkylation sites (N-methyl/N-ethyl adjacent to an activating group) is 1. The Labute approximate surface area is 127 Å². The van der Waals surface area contributed by atoms with Crippen molar-refractivity contribution < 1.29 is 4.74 Å². The molecule has 0 radical (unpaired) electrons. The van der Waals surface area contributed by atoms with Crippen LogP contribution in [-0.4, -0.2) is 35.5 Å². The van der Waals surface area contributed by atoms with Crippen LogP contribution in [0.25, 0.3) is 0 Å². The van der Waals surface area contributed by atoms with Gasteiger partial charge in [-0.3, -0.25) is 4.68 Å². The number of aryl methyl sites for hydroxylation is 1. The van der Waals surface area contributed by atoms with Gasteiger partial charge in [0.05, 0.1) is 41.1 Å². The number of ether oxygens (including phenoxy) is 1. The number of rotatable bonds is 7. The summed E-state index contributed by atoms with van der Waals surface area (Å²) in [7, 11) is 3.60. The van der Waals surface area contributed by atoms with Crippen LogP contribution in [-0.2, 0) is 17.7 Å². The van der Waals surface area contributed by atoms with Crippen molar-refractivity contribution in [2.75, 3.05) is 20.8 Å². The molecule has 1 atom stereocenters. The van der Waals surface area contributed by atoms with E-state index in [1.165, 1.54) is 0 Å². The molecule has 2 aromatic rings. The van der Waals surface area contributed by atoms with Crippen molar-refractivity contribution in [2.24, 2.45) is 0 Å². The minimum atomic E-state index is 0.0902. The Bertz CT molecular complexity index is 554. The van der Waals surface area contributed by atoms with Crippen molar-refractivity contribution in [1.82, 2.24) is 20.1 Å². The third-order valence-corrected chi connectivity index (χ3v) is 4.34. The highest BCUT2D eigenvalue weighted by Crippen LogP contribution is 2.26. The maximum Gasteiger partial charge on any atom is 0.0947 e. The summed E-state index contributed by atoms with van der Waals surface area (Å²) in [5.74, 6) is 0. The van der Waals surface area contributed by atoms with Crippen LogP contribution in [0.5, 0.6) is 0 Å². The normalized spacial score (nSPS) is 12.8. The summed E-state index contributed by atoms with van der Waals surface area (Å²) in [4.78, 5) is 4.51. The molecule has 0 aliphatic carbocycles. The Hall–Kier alpha value is -0.950. The molecule has 0 aliphatic heterocycles. The average molecular weight is 315 g/mol. The van der Waals surface area contributed by atoms with Crippen LogP contribution in [0.15, 0.2) is 11.6 Å². The number of methoxy groups -OCH3 is 1. The van der Waals surface area contributed by atoms with Crippen molar-refractivity contribution >= 4 is 22.9 Å². The van der Waals surface area contributed by atoms with Crippen molar-refractivity contribution in [2.45, 2.75) is 25.9 Å². The summed E-state index contributed by atoms with van der Waals surface area (Å²) in [6, 6.07) is 0.0902. The lowest BCUT2D eigenvalue weighted by Crippen LogP contribution is -2.23. The van der Waals surface area contributed by atoms with Gasteiger partial charge in [-0.05, 0) is 14.0 Å². The molecule has 0 aromatic carbocycles. The van der Waals surface area contributed by atoms with Gasteiger partial charge >= 0.3 is 0 Å². The first-order valence-electron chi connectivity index (χ1n) is 6.44. The van der Waals surface area contributed by atoms with Crippen LogP contribution in [0.4, 0.5) is 0 Å². The SMILES string of the molecule is CNC(Cc1nc(C)cs1)c1c(Cl)cnn1CCOC. The Morgan fingerprint density at radius 3 is 2.95 bits per heavy atom. The fraction of sp³-hybridized carbons (Fsp3) is 0.538. The quantitative estimate of drug-likeness (QED) is 0.853. The van der Waals surface area contributed by atoms with Gasteiger partial charge in [0, 0.05) is 24.6 Å². The van der Waals surface area contributed by atoms with E-state index >= 15 is 0 Å². The van der Waals surface area contributed by atoms with E-state index in [1.807, 2.05) is 18.7 Å². The van der Waals surface area contributed by atoms with E-state index < -0.39 is 0 Å². The summed E-state index contributed by atoms with van der Waals surface area (Å²) in [5.41, 5.74) is 2.04. The predicted molar refractivity (Wildman–Crippen MR) is 81.5 cm³/mol. The molecule has 0 saturated carbocycles. The van der Waals surface area contributed by atoms with Crippen molar-refractivity contribution in [3.63, 3.8) is 0 Å². The zero-order valence-corrected chi connectivity index (χ0v) is 13.5. The molecule has 110 valence electrons. The van der Waals surface area contributed by atoms with Gasteiger partial charge in [0.2, 0.25) is 0 Å². The van der Waals surface area contributed by atoms with Gasteiger partial charge in [-0.25, -0.2) is 4.98 Å². The summed E-state index contributed by atoms with van der Waals surface area (Å²) < 4.78 is 7.01. The van der Waals surface area contributed by atoms with Gasteiger partial charge in [0.25, 0.3) is 0 Å². The first-order chi connectivity index (χ1) is 9.65. The Morgan fingerprint density at radius 2 is 2.35 bits per heavy atom. The molecule has 2 heterocycles. The van der Waals surface area contributed by atoms with Crippen molar-refractivity contribution in [3.05, 3.63) is 33.0 Å². The molecule has 5 nitrogen and oxygen atoms in total. The number of thiazole rings is 1. The average Bonchev–Trinajstić information content (AvgIpc) is 3.00. The third kappa shape index (κ3) is 3.58. The van der Waals surface area contributed by atoms with Gasteiger partial charge in [-0.1, -0.05) is 11.6 Å². The predicted octanol–water partition coefficient (Wildman–Crippen LogP) is 2.45. The molecule has 0 aliphatic rings. The summed E-state index contributed by atoms with van der Waals surface area (Å²) in [6.45, 7) is 3.30. The Kier molecular flexibility index (Phi) is 5.54. The lowest BCUT2D eigenvalue weighted by Gasteiger charge is -2.17. The molecule has 1 unspecified atom stereocenters. The van der Waals surface area contributed by atoms with Gasteiger partial charge < -0.3 is 10.1 Å². The van der Waals surface area contributed by atoms with E-state index in [-0.39, 0.29) is 6.04 Å². The largest absolute Gasteiger partial charge is 0.383 e. The van der Waals surface area contributed by atoms with Crippen LogP contribution in [0.2, 0.25) is 5.02 Å². The molecule has 0 bridgehead atoms. The summed E-state index contributed by atoms with van der Waals surface area (Å²) in [5, 5.41) is 11.4. The summed E-state index contributed by atoms with van der Waals surface area (Å²) >= 11 is 7.96. The molecule has 0 spiro atoms. The highest BCUT2D eigenvalue weighted by molar-refractivity contribution is 7.09. The molecule has 20 heavy (non-hydrogen) atoms. The van der Waals surface area contributed by atoms with Crippen LogP contribution in [0, 0.1) is 6.92 Å². The standard InChI is InChI=1S/C13H19ClN4OS/c1-9-8-20-12(17-9)6-11(15-2)13-10(14)7-16-18(13)4-5-19-3/h7-8,11,15H,4-6H2,1-3H3. The second-order valence-corrected chi connectivity index (χ2v) is 5.87. The fourth-order valence-electron chi connectivity index (χ4n) is 2.08. The number of hydrogen-bond donors (Lipinski definition) is 1. The molecule has 0 fully saturated rings. The second kappa shape index (κ2) is 7.17. The lowest BCUT2D eigenvalue weighted by molar-refractivity contribution is 0.181. The Morgan fingerprint density at radius 1 is 1.55 bits per heavy atom. The molecule has 2 rings (SSSR count). The van der Waals surface area contributed by atoms with Crippen LogP contribution >= 0.6 is 22.9 Å². The van der Waals surface area contributed by atoms with Crippen LogP contribution in [0.1, 0.15) is 22.4 Å². The number of nitrogens with one attached hydrogen (secondary N) is 1. The number of hydrogen-bond acceptors (Lipinski definition) is 5. The summed E-state index contributed by atoms with van der Waals surface area (Å²) in [6.07, 6.45) is 2.48. The van der Waals surface area contributed by atoms with Gasteiger partial charge in [-0.15, -0.1) is 11.3 Å². The third-order valence-electron chi connectivity index (χ3n) is 3.06. The number of halogens is 1. The smallest absolute Gasteiger partial charge is 0.0947 e. The zero-order chi connectivity index (χ0) is 14.5. The highest BCUT2D eigenvalue weighted by atomic mass is 35.5. The molecule has 0 saturated heterocycles. The molecule has 7 heteroatoms. The lowest BCUT2D eigenvalue weighted by atomic mass is 10.1. The van der Waals surface area contributed by atoms with Gasteiger partial charge in [-0.2, -0.15) is 5.10 Å². The molecule has 1 N–H and O–H groups in total. The van der Waals surface area contributed by atoms with Crippen molar-refractivity contribution in [3.8, 4) is 0 Å². The molecular weight excluding hydrogens is 296 g/mol. The Balaban J connectivity index is 2.20. The van der Waals surface area contributed by atoms with E-state index in [2.05, 4.69) is 20.8 Å². The minimum Gasteiger partial charge on any atom is -0.383 e. The first-order valence-corrected chi connectivity index (χ1v) is 7.70. The van der Waals surface area contributed by atoms with Crippen LogP contribution < -0.4 is 5.32 Å². The monoisotopic (exact) mass is 314 g/mol. The van der Waals surface area contributed by atoms with Crippen LogP contribution in [0.3, 0.4) is 0 Å². The van der Waals surface area contributed by atoms with E-state index in [1.54, 1.807) is 24.6 Å². The van der Waals surface area contributed by atoms with E-state index in [9.17, 15) is 0 Å². The fourth-order valence-corrected chi connectivity index (χ4v) is 3.17. The van der Waals surface area contributed by atoms with Gasteiger partial charge in [0.1, 0.15) is 0 Å². The number of nitrogens with zero attached hydrogens (tertiary/aromatic N) is 3. The maximum absolute atomic E-state index is 6.29. The van der Waals surface area contributed by atoms with E-state index in [4.69, 9.17) is 16.3 Å². The number of aromatic nitrogens is 3. The molecular formula is C13H19ClN4OS. The second-order valence-electron chi connectivity index (χ2n) is 4.52. The first kappa shape index (κ1) is 15.4. The van der Waals surface area contributed by atoms with Gasteiger partial charge in [0.15, 0.2) is 0 Å². The van der Waals surface area contributed by atoms with E-state index in [0.29, 0.717) is 18.2 Å². The van der Waals surface area contributed by atoms with Crippen molar-refractivity contribution in [1.29, 1.82) is 0 Å². The topological polar surface area (TPSA) is 52.0 Å². The molecule has 0 amide bonds. The highest BCUT2D eigenvalue weighted by Gasteiger charge is 2.20.